The van der Waals surface area contributed by atoms with Gasteiger partial charge in [0.15, 0.2) is 0 Å². The molecule has 0 aliphatic rings. The highest BCUT2D eigenvalue weighted by molar-refractivity contribution is 7.10. The first-order chi connectivity index (χ1) is 10.5. The molecule has 0 aliphatic carbocycles. The van der Waals surface area contributed by atoms with Gasteiger partial charge in [0.1, 0.15) is 17.6 Å². The smallest absolute Gasteiger partial charge is 0.251 e. The number of hydrogen-bond acceptors (Lipinski definition) is 5. The summed E-state index contributed by atoms with van der Waals surface area (Å²) in [7, 11) is 3.06. The molecule has 2 rings (SSSR count). The van der Waals surface area contributed by atoms with Gasteiger partial charge in [-0.2, -0.15) is 0 Å². The third-order valence-corrected chi connectivity index (χ3v) is 4.39. The first-order valence-corrected chi connectivity index (χ1v) is 7.66. The number of amides is 1. The third-order valence-electron chi connectivity index (χ3n) is 3.27. The number of nitrogens with one attached hydrogen (secondary N) is 1. The lowest BCUT2D eigenvalue weighted by molar-refractivity contribution is 0.0917. The molecular formula is C16H19NO4S. The number of hydrogen-bond donors (Lipinski definition) is 2. The van der Waals surface area contributed by atoms with Crippen molar-refractivity contribution in [2.24, 2.45) is 0 Å². The van der Waals surface area contributed by atoms with Crippen molar-refractivity contribution in [2.45, 2.75) is 13.0 Å². The SMILES string of the molecule is COc1cc(OC)cc(C(=O)NCC(O)c2sccc2C)c1. The summed E-state index contributed by atoms with van der Waals surface area (Å²) in [6.07, 6.45) is -0.712. The summed E-state index contributed by atoms with van der Waals surface area (Å²) >= 11 is 1.48. The van der Waals surface area contributed by atoms with Crippen LogP contribution in [0.25, 0.3) is 0 Å². The summed E-state index contributed by atoms with van der Waals surface area (Å²) in [5, 5.41) is 14.8. The van der Waals surface area contributed by atoms with E-state index in [1.54, 1.807) is 18.2 Å². The summed E-state index contributed by atoms with van der Waals surface area (Å²) in [6, 6.07) is 6.89. The molecule has 1 aromatic carbocycles. The van der Waals surface area contributed by atoms with Crippen molar-refractivity contribution < 1.29 is 19.4 Å². The fourth-order valence-corrected chi connectivity index (χ4v) is 2.96. The van der Waals surface area contributed by atoms with Gasteiger partial charge in [0.25, 0.3) is 5.91 Å². The van der Waals surface area contributed by atoms with Crippen LogP contribution in [-0.2, 0) is 0 Å². The maximum absolute atomic E-state index is 12.2. The van der Waals surface area contributed by atoms with Gasteiger partial charge in [-0.1, -0.05) is 0 Å². The van der Waals surface area contributed by atoms with Crippen molar-refractivity contribution in [3.63, 3.8) is 0 Å². The highest BCUT2D eigenvalue weighted by Crippen LogP contribution is 2.24. The van der Waals surface area contributed by atoms with Crippen molar-refractivity contribution in [3.05, 3.63) is 45.6 Å². The molecule has 118 valence electrons. The van der Waals surface area contributed by atoms with E-state index in [9.17, 15) is 9.90 Å². The predicted octanol–water partition coefficient (Wildman–Crippen LogP) is 2.54. The van der Waals surface area contributed by atoms with Gasteiger partial charge >= 0.3 is 0 Å². The van der Waals surface area contributed by atoms with Gasteiger partial charge in [0.2, 0.25) is 0 Å². The fraction of sp³-hybridized carbons (Fsp3) is 0.312. The molecule has 0 bridgehead atoms. The Morgan fingerprint density at radius 2 is 1.91 bits per heavy atom. The molecule has 1 unspecified atom stereocenters. The van der Waals surface area contributed by atoms with Crippen LogP contribution >= 0.6 is 11.3 Å². The Kier molecular flexibility index (Phi) is 5.41. The largest absolute Gasteiger partial charge is 0.497 e. The lowest BCUT2D eigenvalue weighted by atomic mass is 10.1. The summed E-state index contributed by atoms with van der Waals surface area (Å²) in [5.74, 6) is 0.795. The number of ether oxygens (including phenoxy) is 2. The zero-order chi connectivity index (χ0) is 16.1. The summed E-state index contributed by atoms with van der Waals surface area (Å²) in [4.78, 5) is 13.1. The number of aliphatic hydroxyl groups excluding tert-OH is 1. The van der Waals surface area contributed by atoms with E-state index in [1.807, 2.05) is 18.4 Å². The molecule has 22 heavy (non-hydrogen) atoms. The lowest BCUT2D eigenvalue weighted by Gasteiger charge is -2.13. The van der Waals surface area contributed by atoms with Crippen LogP contribution in [0.3, 0.4) is 0 Å². The molecule has 1 heterocycles. The van der Waals surface area contributed by atoms with Crippen molar-refractivity contribution in [3.8, 4) is 11.5 Å². The molecule has 6 heteroatoms. The molecule has 0 spiro atoms. The Hall–Kier alpha value is -2.05. The number of benzene rings is 1. The highest BCUT2D eigenvalue weighted by atomic mass is 32.1. The second kappa shape index (κ2) is 7.29. The molecule has 2 aromatic rings. The van der Waals surface area contributed by atoms with Crippen molar-refractivity contribution in [2.75, 3.05) is 20.8 Å². The number of thiophene rings is 1. The Morgan fingerprint density at radius 3 is 2.41 bits per heavy atom. The molecule has 0 fully saturated rings. The molecule has 1 atom stereocenters. The average Bonchev–Trinajstić information content (AvgIpc) is 2.97. The van der Waals surface area contributed by atoms with Crippen molar-refractivity contribution in [1.29, 1.82) is 0 Å². The number of aliphatic hydroxyl groups is 1. The zero-order valence-corrected chi connectivity index (χ0v) is 13.6. The first kappa shape index (κ1) is 16.3. The maximum Gasteiger partial charge on any atom is 0.251 e. The Bertz CT molecular complexity index is 631. The minimum absolute atomic E-state index is 0.152. The molecule has 0 aliphatic heterocycles. The molecule has 0 radical (unpaired) electrons. The quantitative estimate of drug-likeness (QED) is 0.858. The van der Waals surface area contributed by atoms with E-state index >= 15 is 0 Å². The minimum Gasteiger partial charge on any atom is -0.497 e. The second-order valence-corrected chi connectivity index (χ2v) is 5.74. The lowest BCUT2D eigenvalue weighted by Crippen LogP contribution is -2.28. The molecule has 5 nitrogen and oxygen atoms in total. The van der Waals surface area contributed by atoms with E-state index in [-0.39, 0.29) is 12.5 Å². The van der Waals surface area contributed by atoms with Crippen LogP contribution in [-0.4, -0.2) is 31.8 Å². The second-order valence-electron chi connectivity index (χ2n) is 4.80. The molecule has 0 saturated heterocycles. The summed E-state index contributed by atoms with van der Waals surface area (Å²) in [5.41, 5.74) is 1.45. The van der Waals surface area contributed by atoms with Crippen LogP contribution < -0.4 is 14.8 Å². The normalized spacial score (nSPS) is 11.8. The molecular weight excluding hydrogens is 302 g/mol. The monoisotopic (exact) mass is 321 g/mol. The van der Waals surface area contributed by atoms with Crippen LogP contribution in [0, 0.1) is 6.92 Å². The van der Waals surface area contributed by atoms with Gasteiger partial charge in [-0.3, -0.25) is 4.79 Å². The van der Waals surface area contributed by atoms with Crippen molar-refractivity contribution in [1.82, 2.24) is 5.32 Å². The Balaban J connectivity index is 2.04. The standard InChI is InChI=1S/C16H19NO4S/c1-10-4-5-22-15(10)14(18)9-17-16(19)11-6-12(20-2)8-13(7-11)21-3/h4-8,14,18H,9H2,1-3H3,(H,17,19). The topological polar surface area (TPSA) is 67.8 Å². The predicted molar refractivity (Wildman–Crippen MR) is 85.9 cm³/mol. The molecule has 2 N–H and O–H groups in total. The third kappa shape index (κ3) is 3.78. The highest BCUT2D eigenvalue weighted by Gasteiger charge is 2.15. The number of methoxy groups -OCH3 is 2. The van der Waals surface area contributed by atoms with E-state index in [1.165, 1.54) is 25.6 Å². The number of rotatable bonds is 6. The van der Waals surface area contributed by atoms with Crippen LogP contribution in [0.1, 0.15) is 26.9 Å². The maximum atomic E-state index is 12.2. The van der Waals surface area contributed by atoms with Gasteiger partial charge in [-0.05, 0) is 36.1 Å². The molecule has 1 aromatic heterocycles. The number of carbonyl (C=O) groups is 1. The molecule has 0 saturated carbocycles. The first-order valence-electron chi connectivity index (χ1n) is 6.78. The van der Waals surface area contributed by atoms with Gasteiger partial charge in [-0.15, -0.1) is 11.3 Å². The van der Waals surface area contributed by atoms with Crippen molar-refractivity contribution >= 4 is 17.2 Å². The number of carbonyl (C=O) groups excluding carboxylic acids is 1. The van der Waals surface area contributed by atoms with Crippen LogP contribution in [0.15, 0.2) is 29.6 Å². The van der Waals surface area contributed by atoms with E-state index in [4.69, 9.17) is 9.47 Å². The van der Waals surface area contributed by atoms with Crippen LogP contribution in [0.2, 0.25) is 0 Å². The van der Waals surface area contributed by atoms with Gasteiger partial charge in [-0.25, -0.2) is 0 Å². The summed E-state index contributed by atoms with van der Waals surface area (Å²) < 4.78 is 10.3. The fourth-order valence-electron chi connectivity index (χ4n) is 2.05. The van der Waals surface area contributed by atoms with Crippen LogP contribution in [0.4, 0.5) is 0 Å². The Labute approximate surface area is 133 Å². The summed E-state index contributed by atoms with van der Waals surface area (Å²) in [6.45, 7) is 2.09. The average molecular weight is 321 g/mol. The van der Waals surface area contributed by atoms with E-state index < -0.39 is 6.10 Å². The van der Waals surface area contributed by atoms with E-state index in [0.29, 0.717) is 17.1 Å². The zero-order valence-electron chi connectivity index (χ0n) is 12.8. The van der Waals surface area contributed by atoms with Gasteiger partial charge in [0.05, 0.1) is 14.2 Å². The number of aryl methyl sites for hydroxylation is 1. The van der Waals surface area contributed by atoms with Gasteiger partial charge in [0, 0.05) is 23.1 Å². The van der Waals surface area contributed by atoms with Crippen LogP contribution in [0.5, 0.6) is 11.5 Å². The molecule has 1 amide bonds. The Morgan fingerprint density at radius 1 is 1.27 bits per heavy atom. The van der Waals surface area contributed by atoms with E-state index in [0.717, 1.165) is 10.4 Å². The van der Waals surface area contributed by atoms with Gasteiger partial charge < -0.3 is 19.9 Å². The minimum atomic E-state index is -0.712. The van der Waals surface area contributed by atoms with E-state index in [2.05, 4.69) is 5.32 Å².